The first-order valence-electron chi connectivity index (χ1n) is 9.89. The molecule has 0 spiro atoms. The molecular weight excluding hydrogens is 424 g/mol. The van der Waals surface area contributed by atoms with E-state index in [0.717, 1.165) is 17.4 Å². The van der Waals surface area contributed by atoms with Gasteiger partial charge in [0.1, 0.15) is 0 Å². The Morgan fingerprint density at radius 1 is 0.969 bits per heavy atom. The van der Waals surface area contributed by atoms with E-state index >= 15 is 0 Å². The van der Waals surface area contributed by atoms with E-state index in [2.05, 4.69) is 9.97 Å². The highest BCUT2D eigenvalue weighted by molar-refractivity contribution is 5.94. The molecule has 0 aliphatic heterocycles. The summed E-state index contributed by atoms with van der Waals surface area (Å²) in [4.78, 5) is 22.4. The molecule has 0 saturated heterocycles. The molecule has 3 rings (SSSR count). The number of hydrogen-bond acceptors (Lipinski definition) is 4. The Balaban J connectivity index is 0.00000176. The Kier molecular flexibility index (Phi) is 7.91. The highest BCUT2D eigenvalue weighted by Gasteiger charge is 2.26. The van der Waals surface area contributed by atoms with Crippen LogP contribution in [-0.4, -0.2) is 22.9 Å². The zero-order valence-electron chi connectivity index (χ0n) is 18.4. The van der Waals surface area contributed by atoms with Crippen molar-refractivity contribution in [3.8, 4) is 11.3 Å². The summed E-state index contributed by atoms with van der Waals surface area (Å²) in [5.74, 6) is -7.47. The SMILES string of the molecule is CC.Cc1nc(-c2ccc(N)cc2)cnc1N(C)C(=O)Cc1c(C)c(F)c(F)c(F)c1F. The summed E-state index contributed by atoms with van der Waals surface area (Å²) in [6.45, 7) is 6.71. The summed E-state index contributed by atoms with van der Waals surface area (Å²) in [5.41, 5.74) is 7.00. The molecular formula is C23H24F4N4O. The Labute approximate surface area is 183 Å². The van der Waals surface area contributed by atoms with E-state index < -0.39 is 46.7 Å². The molecule has 0 aliphatic carbocycles. The third kappa shape index (κ3) is 4.87. The normalized spacial score (nSPS) is 10.4. The summed E-state index contributed by atoms with van der Waals surface area (Å²) in [6.07, 6.45) is 0.782. The monoisotopic (exact) mass is 448 g/mol. The van der Waals surface area contributed by atoms with Crippen LogP contribution in [0.3, 0.4) is 0 Å². The number of halogens is 4. The Bertz CT molecular complexity index is 1100. The molecule has 1 aromatic heterocycles. The summed E-state index contributed by atoms with van der Waals surface area (Å²) in [7, 11) is 1.38. The third-order valence-corrected chi connectivity index (χ3v) is 4.77. The highest BCUT2D eigenvalue weighted by atomic mass is 19.2. The van der Waals surface area contributed by atoms with Crippen LogP contribution in [-0.2, 0) is 11.2 Å². The molecule has 0 radical (unpaired) electrons. The van der Waals surface area contributed by atoms with Crippen LogP contribution in [0.15, 0.2) is 30.5 Å². The number of nitrogens with zero attached hydrogens (tertiary/aromatic N) is 3. The van der Waals surface area contributed by atoms with Gasteiger partial charge in [0, 0.05) is 23.9 Å². The van der Waals surface area contributed by atoms with Crippen LogP contribution in [0.2, 0.25) is 0 Å². The second-order valence-corrected chi connectivity index (χ2v) is 6.78. The van der Waals surface area contributed by atoms with Gasteiger partial charge in [0.15, 0.2) is 29.1 Å². The number of nitrogens with two attached hydrogens (primary N) is 1. The summed E-state index contributed by atoms with van der Waals surface area (Å²) >= 11 is 0. The molecule has 0 unspecified atom stereocenters. The van der Waals surface area contributed by atoms with E-state index in [9.17, 15) is 22.4 Å². The highest BCUT2D eigenvalue weighted by Crippen LogP contribution is 2.26. The van der Waals surface area contributed by atoms with Gasteiger partial charge in [-0.25, -0.2) is 27.5 Å². The first kappa shape index (κ1) is 24.8. The largest absolute Gasteiger partial charge is 0.399 e. The minimum atomic E-state index is -1.95. The number of hydrogen-bond donors (Lipinski definition) is 1. The van der Waals surface area contributed by atoms with Gasteiger partial charge < -0.3 is 5.73 Å². The van der Waals surface area contributed by atoms with Gasteiger partial charge in [-0.05, 0) is 31.5 Å². The van der Waals surface area contributed by atoms with Crippen LogP contribution >= 0.6 is 0 Å². The van der Waals surface area contributed by atoms with E-state index in [0.29, 0.717) is 17.1 Å². The molecule has 9 heteroatoms. The summed E-state index contributed by atoms with van der Waals surface area (Å²) < 4.78 is 54.7. The Morgan fingerprint density at radius 3 is 2.09 bits per heavy atom. The molecule has 3 aromatic rings. The molecule has 1 amide bonds. The van der Waals surface area contributed by atoms with Gasteiger partial charge in [-0.2, -0.15) is 0 Å². The van der Waals surface area contributed by atoms with Gasteiger partial charge in [-0.15, -0.1) is 0 Å². The second kappa shape index (κ2) is 10.2. The van der Waals surface area contributed by atoms with Crippen LogP contribution in [0.25, 0.3) is 11.3 Å². The first-order chi connectivity index (χ1) is 15.1. The smallest absolute Gasteiger partial charge is 0.232 e. The Morgan fingerprint density at radius 2 is 1.53 bits per heavy atom. The lowest BCUT2D eigenvalue weighted by molar-refractivity contribution is -0.117. The van der Waals surface area contributed by atoms with Crippen LogP contribution in [0.4, 0.5) is 29.1 Å². The fourth-order valence-electron chi connectivity index (χ4n) is 2.98. The van der Waals surface area contributed by atoms with Crippen molar-refractivity contribution >= 4 is 17.4 Å². The van der Waals surface area contributed by atoms with Crippen LogP contribution in [0.1, 0.15) is 30.7 Å². The lowest BCUT2D eigenvalue weighted by Crippen LogP contribution is -2.30. The van der Waals surface area contributed by atoms with Crippen molar-refractivity contribution in [2.45, 2.75) is 34.1 Å². The van der Waals surface area contributed by atoms with Crippen molar-refractivity contribution in [2.75, 3.05) is 17.7 Å². The maximum Gasteiger partial charge on any atom is 0.232 e. The number of benzene rings is 2. The Hall–Kier alpha value is -3.49. The molecule has 170 valence electrons. The first-order valence-corrected chi connectivity index (χ1v) is 9.89. The number of nitrogen functional groups attached to an aromatic ring is 1. The zero-order valence-corrected chi connectivity index (χ0v) is 18.4. The second-order valence-electron chi connectivity index (χ2n) is 6.78. The molecule has 32 heavy (non-hydrogen) atoms. The van der Waals surface area contributed by atoms with E-state index in [1.165, 1.54) is 13.2 Å². The van der Waals surface area contributed by atoms with Crippen molar-refractivity contribution in [3.05, 3.63) is 70.6 Å². The minimum absolute atomic E-state index is 0.195. The summed E-state index contributed by atoms with van der Waals surface area (Å²) in [5, 5.41) is 0. The van der Waals surface area contributed by atoms with Crippen molar-refractivity contribution < 1.29 is 22.4 Å². The minimum Gasteiger partial charge on any atom is -0.399 e. The lowest BCUT2D eigenvalue weighted by atomic mass is 10.0. The van der Waals surface area contributed by atoms with Crippen LogP contribution in [0, 0.1) is 37.1 Å². The van der Waals surface area contributed by atoms with Crippen LogP contribution < -0.4 is 10.6 Å². The number of rotatable bonds is 4. The maximum absolute atomic E-state index is 14.1. The van der Waals surface area contributed by atoms with Gasteiger partial charge in [0.2, 0.25) is 5.91 Å². The molecule has 0 fully saturated rings. The molecule has 2 aromatic carbocycles. The van der Waals surface area contributed by atoms with Gasteiger partial charge >= 0.3 is 0 Å². The molecule has 5 nitrogen and oxygen atoms in total. The predicted molar refractivity (Wildman–Crippen MR) is 116 cm³/mol. The van der Waals surface area contributed by atoms with Crippen molar-refractivity contribution in [3.63, 3.8) is 0 Å². The molecule has 0 aliphatic rings. The number of amides is 1. The van der Waals surface area contributed by atoms with Gasteiger partial charge in [0.25, 0.3) is 0 Å². The predicted octanol–water partition coefficient (Wildman–Crippen LogP) is 5.13. The number of anilines is 2. The topological polar surface area (TPSA) is 72.1 Å². The van der Waals surface area contributed by atoms with Crippen molar-refractivity contribution in [1.29, 1.82) is 0 Å². The summed E-state index contributed by atoms with van der Waals surface area (Å²) in [6, 6.07) is 6.98. The zero-order chi connectivity index (χ0) is 24.2. The molecule has 2 N–H and O–H groups in total. The van der Waals surface area contributed by atoms with E-state index in [4.69, 9.17) is 5.73 Å². The standard InChI is InChI=1S/C21H18F4N4O.C2H6/c1-10-14(18(23)20(25)19(24)17(10)22)8-16(30)29(3)21-11(2)28-15(9-27-21)12-4-6-13(26)7-5-12;1-2/h4-7,9H,8,26H2,1-3H3;1-2H3. The van der Waals surface area contributed by atoms with Gasteiger partial charge in [-0.3, -0.25) is 9.69 Å². The van der Waals surface area contributed by atoms with Gasteiger partial charge in [-0.1, -0.05) is 26.0 Å². The van der Waals surface area contributed by atoms with E-state index in [1.807, 2.05) is 13.8 Å². The van der Waals surface area contributed by atoms with E-state index in [1.54, 1.807) is 31.2 Å². The average molecular weight is 448 g/mol. The average Bonchev–Trinajstić information content (AvgIpc) is 2.80. The molecule has 1 heterocycles. The fraction of sp³-hybridized carbons (Fsp3) is 0.261. The molecule has 0 atom stereocenters. The lowest BCUT2D eigenvalue weighted by Gasteiger charge is -2.19. The van der Waals surface area contributed by atoms with E-state index in [-0.39, 0.29) is 5.82 Å². The quantitative estimate of drug-likeness (QED) is 0.260. The fourth-order valence-corrected chi connectivity index (χ4v) is 2.98. The van der Waals surface area contributed by atoms with Gasteiger partial charge in [0.05, 0.1) is 24.0 Å². The number of likely N-dealkylation sites (N-methyl/N-ethyl adjacent to an activating group) is 1. The van der Waals surface area contributed by atoms with Crippen molar-refractivity contribution in [1.82, 2.24) is 9.97 Å². The molecule has 0 bridgehead atoms. The number of aromatic nitrogens is 2. The third-order valence-electron chi connectivity index (χ3n) is 4.77. The van der Waals surface area contributed by atoms with Crippen LogP contribution in [0.5, 0.6) is 0 Å². The number of aryl methyl sites for hydroxylation is 1. The number of carbonyl (C=O) groups excluding carboxylic acids is 1. The van der Waals surface area contributed by atoms with Crippen molar-refractivity contribution in [2.24, 2.45) is 0 Å². The maximum atomic E-state index is 14.1. The number of carbonyl (C=O) groups is 1. The molecule has 0 saturated carbocycles.